The van der Waals surface area contributed by atoms with Crippen LogP contribution < -0.4 is 15.8 Å². The third-order valence-corrected chi connectivity index (χ3v) is 7.48. The SMILES string of the molecule is Cc1cc(/C=C/C#N)cc(C)c1Oc1nc(NC2CCN(Cc3ccc(C(N)=O)cc3)CC2)nc2scnc12. The fourth-order valence-electron chi connectivity index (χ4n) is 4.79. The number of anilines is 1. The largest absolute Gasteiger partial charge is 0.436 e. The Kier molecular flexibility index (Phi) is 7.81. The number of carbonyl (C=O) groups excluding carboxylic acids is 1. The summed E-state index contributed by atoms with van der Waals surface area (Å²) < 4.78 is 6.33. The van der Waals surface area contributed by atoms with Gasteiger partial charge in [0.15, 0.2) is 10.3 Å². The van der Waals surface area contributed by atoms with Crippen LogP contribution in [0.25, 0.3) is 16.4 Å². The molecule has 0 saturated carbocycles. The fourth-order valence-corrected chi connectivity index (χ4v) is 5.44. The number of benzene rings is 2. The van der Waals surface area contributed by atoms with Crippen molar-refractivity contribution < 1.29 is 9.53 Å². The van der Waals surface area contributed by atoms with E-state index in [2.05, 4.69) is 15.2 Å². The molecule has 1 saturated heterocycles. The highest BCUT2D eigenvalue weighted by atomic mass is 32.1. The van der Waals surface area contributed by atoms with Crippen molar-refractivity contribution in [3.63, 3.8) is 0 Å². The molecule has 10 heteroatoms. The number of hydrogen-bond donors (Lipinski definition) is 2. The number of nitrogens with one attached hydrogen (secondary N) is 1. The smallest absolute Gasteiger partial charge is 0.252 e. The molecule has 0 spiro atoms. The summed E-state index contributed by atoms with van der Waals surface area (Å²) in [5.41, 5.74) is 12.2. The Hall–Kier alpha value is -4.33. The second-order valence-electron chi connectivity index (χ2n) is 9.66. The van der Waals surface area contributed by atoms with E-state index in [1.54, 1.807) is 23.7 Å². The van der Waals surface area contributed by atoms with Gasteiger partial charge in [0.25, 0.3) is 5.88 Å². The minimum absolute atomic E-state index is 0.242. The normalized spacial score (nSPS) is 14.5. The number of fused-ring (bicyclic) bond motifs is 1. The molecule has 3 heterocycles. The molecule has 0 atom stereocenters. The zero-order chi connectivity index (χ0) is 27.4. The standard InChI is InChI=1S/C29H29N7O2S/c1-18-14-21(4-3-11-30)15-19(2)25(18)38-27-24-28(39-17-32-24)35-29(34-27)33-23-9-12-36(13-10-23)16-20-5-7-22(8-6-20)26(31)37/h3-8,14-15,17,23H,9-10,12-13,16H2,1-2H3,(H2,31,37)(H,33,34,35)/b4-3+. The highest BCUT2D eigenvalue weighted by Crippen LogP contribution is 2.34. The molecule has 0 unspecified atom stereocenters. The molecule has 3 N–H and O–H groups in total. The first-order valence-electron chi connectivity index (χ1n) is 12.7. The molecule has 1 amide bonds. The lowest BCUT2D eigenvalue weighted by molar-refractivity contribution is 0.1000. The molecular formula is C29H29N7O2S. The van der Waals surface area contributed by atoms with Gasteiger partial charge in [-0.25, -0.2) is 4.98 Å². The number of carbonyl (C=O) groups is 1. The van der Waals surface area contributed by atoms with E-state index in [9.17, 15) is 4.79 Å². The summed E-state index contributed by atoms with van der Waals surface area (Å²) in [5, 5.41) is 12.3. The van der Waals surface area contributed by atoms with Gasteiger partial charge in [0.1, 0.15) is 5.75 Å². The number of likely N-dealkylation sites (tertiary alicyclic amines) is 1. The first-order chi connectivity index (χ1) is 18.9. The Bertz CT molecular complexity index is 1540. The van der Waals surface area contributed by atoms with E-state index >= 15 is 0 Å². The predicted octanol–water partition coefficient (Wildman–Crippen LogP) is 5.21. The fraction of sp³-hybridized carbons (Fsp3) is 0.276. The van der Waals surface area contributed by atoms with Gasteiger partial charge in [0.2, 0.25) is 11.9 Å². The topological polar surface area (TPSA) is 130 Å². The molecule has 0 radical (unpaired) electrons. The number of aromatic nitrogens is 3. The van der Waals surface area contributed by atoms with Crippen molar-refractivity contribution in [1.82, 2.24) is 19.9 Å². The van der Waals surface area contributed by atoms with Gasteiger partial charge in [-0.1, -0.05) is 12.1 Å². The second kappa shape index (κ2) is 11.6. The van der Waals surface area contributed by atoms with Crippen LogP contribution in [0.4, 0.5) is 5.95 Å². The number of aryl methyl sites for hydroxylation is 2. The lowest BCUT2D eigenvalue weighted by Gasteiger charge is -2.32. The monoisotopic (exact) mass is 539 g/mol. The molecule has 1 aliphatic rings. The third kappa shape index (κ3) is 6.22. The van der Waals surface area contributed by atoms with Crippen molar-refractivity contribution >= 4 is 39.6 Å². The minimum Gasteiger partial charge on any atom is -0.436 e. The van der Waals surface area contributed by atoms with Crippen molar-refractivity contribution in [2.45, 2.75) is 39.3 Å². The lowest BCUT2D eigenvalue weighted by atomic mass is 10.0. The molecule has 2 aromatic carbocycles. The maximum absolute atomic E-state index is 11.3. The first-order valence-corrected chi connectivity index (χ1v) is 13.6. The maximum atomic E-state index is 11.3. The highest BCUT2D eigenvalue weighted by Gasteiger charge is 2.22. The highest BCUT2D eigenvalue weighted by molar-refractivity contribution is 7.16. The molecule has 39 heavy (non-hydrogen) atoms. The number of nitrogens with two attached hydrogens (primary N) is 1. The average Bonchev–Trinajstić information content (AvgIpc) is 3.40. The van der Waals surface area contributed by atoms with Crippen LogP contribution in [0, 0.1) is 25.2 Å². The Morgan fingerprint density at radius 2 is 1.92 bits per heavy atom. The number of allylic oxidation sites excluding steroid dienone is 1. The summed E-state index contributed by atoms with van der Waals surface area (Å²) in [6, 6.07) is 13.7. The van der Waals surface area contributed by atoms with Crippen LogP contribution in [0.5, 0.6) is 11.6 Å². The molecular weight excluding hydrogens is 510 g/mol. The summed E-state index contributed by atoms with van der Waals surface area (Å²) in [6.07, 6.45) is 5.15. The van der Waals surface area contributed by atoms with E-state index in [1.807, 2.05) is 44.2 Å². The summed E-state index contributed by atoms with van der Waals surface area (Å²) in [6.45, 7) is 6.66. The predicted molar refractivity (Wildman–Crippen MR) is 153 cm³/mol. The van der Waals surface area contributed by atoms with Crippen molar-refractivity contribution in [2.75, 3.05) is 18.4 Å². The lowest BCUT2D eigenvalue weighted by Crippen LogP contribution is -2.39. The number of piperidine rings is 1. The van der Waals surface area contributed by atoms with Crippen molar-refractivity contribution in [1.29, 1.82) is 5.26 Å². The molecule has 1 aliphatic heterocycles. The van der Waals surface area contributed by atoms with E-state index in [1.165, 1.54) is 17.4 Å². The van der Waals surface area contributed by atoms with E-state index in [0.29, 0.717) is 22.9 Å². The summed E-state index contributed by atoms with van der Waals surface area (Å²) >= 11 is 1.45. The molecule has 4 aromatic rings. The minimum atomic E-state index is -0.409. The van der Waals surface area contributed by atoms with Crippen molar-refractivity contribution in [3.8, 4) is 17.7 Å². The molecule has 1 fully saturated rings. The maximum Gasteiger partial charge on any atom is 0.252 e. The number of amides is 1. The van der Waals surface area contributed by atoms with Gasteiger partial charge < -0.3 is 15.8 Å². The van der Waals surface area contributed by atoms with Crippen LogP contribution in [0.1, 0.15) is 45.5 Å². The number of thiazole rings is 1. The number of hydrogen-bond acceptors (Lipinski definition) is 9. The summed E-state index contributed by atoms with van der Waals surface area (Å²) in [7, 11) is 0. The number of ether oxygens (including phenoxy) is 1. The van der Waals surface area contributed by atoms with E-state index in [4.69, 9.17) is 25.7 Å². The summed E-state index contributed by atoms with van der Waals surface area (Å²) in [5.74, 6) is 1.27. The molecule has 5 rings (SSSR count). The van der Waals surface area contributed by atoms with Crippen LogP contribution in [0.3, 0.4) is 0 Å². The van der Waals surface area contributed by atoms with Gasteiger partial charge >= 0.3 is 0 Å². The average molecular weight is 540 g/mol. The van der Waals surface area contributed by atoms with Crippen LogP contribution in [0.2, 0.25) is 0 Å². The van der Waals surface area contributed by atoms with Gasteiger partial charge in [-0.2, -0.15) is 15.2 Å². The number of nitrogens with zero attached hydrogens (tertiary/aromatic N) is 5. The van der Waals surface area contributed by atoms with E-state index < -0.39 is 5.91 Å². The van der Waals surface area contributed by atoms with Gasteiger partial charge in [-0.15, -0.1) is 11.3 Å². The third-order valence-electron chi connectivity index (χ3n) is 6.76. The zero-order valence-corrected chi connectivity index (χ0v) is 22.7. The first kappa shape index (κ1) is 26.3. The number of nitriles is 1. The van der Waals surface area contributed by atoms with Crippen LogP contribution in [-0.4, -0.2) is 44.9 Å². The molecule has 0 aliphatic carbocycles. The van der Waals surface area contributed by atoms with Crippen molar-refractivity contribution in [3.05, 3.63) is 75.8 Å². The van der Waals surface area contributed by atoms with Gasteiger partial charge in [-0.05, 0) is 79.3 Å². The van der Waals surface area contributed by atoms with Crippen LogP contribution in [-0.2, 0) is 6.54 Å². The molecule has 198 valence electrons. The Morgan fingerprint density at radius 1 is 1.21 bits per heavy atom. The summed E-state index contributed by atoms with van der Waals surface area (Å²) in [4.78, 5) is 28.3. The zero-order valence-electron chi connectivity index (χ0n) is 21.8. The van der Waals surface area contributed by atoms with Gasteiger partial charge in [0, 0.05) is 37.3 Å². The van der Waals surface area contributed by atoms with E-state index in [0.717, 1.165) is 65.3 Å². The van der Waals surface area contributed by atoms with Crippen LogP contribution >= 0.6 is 11.3 Å². The Labute approximate surface area is 231 Å². The number of rotatable bonds is 8. The second-order valence-corrected chi connectivity index (χ2v) is 10.5. The number of primary amides is 1. The van der Waals surface area contributed by atoms with Crippen LogP contribution in [0.15, 0.2) is 48.0 Å². The molecule has 9 nitrogen and oxygen atoms in total. The Balaban J connectivity index is 1.26. The molecule has 0 bridgehead atoms. The quantitative estimate of drug-likeness (QED) is 0.292. The van der Waals surface area contributed by atoms with E-state index in [-0.39, 0.29) is 6.04 Å². The Morgan fingerprint density at radius 3 is 2.59 bits per heavy atom. The van der Waals surface area contributed by atoms with Crippen molar-refractivity contribution in [2.24, 2.45) is 5.73 Å². The van der Waals surface area contributed by atoms with Gasteiger partial charge in [-0.3, -0.25) is 9.69 Å². The van der Waals surface area contributed by atoms with Gasteiger partial charge in [0.05, 0.1) is 11.6 Å². The molecule has 2 aromatic heterocycles.